The lowest BCUT2D eigenvalue weighted by molar-refractivity contribution is -0.117. The molecule has 0 radical (unpaired) electrons. The highest BCUT2D eigenvalue weighted by molar-refractivity contribution is 7.89. The number of rotatable bonds is 5. The van der Waals surface area contributed by atoms with Gasteiger partial charge in [-0.1, -0.05) is 36.4 Å². The van der Waals surface area contributed by atoms with Crippen molar-refractivity contribution in [1.29, 1.82) is 0 Å². The molecule has 2 aromatic rings. The molecule has 0 aromatic heterocycles. The highest BCUT2D eigenvalue weighted by Gasteiger charge is 2.27. The maximum Gasteiger partial charge on any atom is 0.246 e. The molecule has 6 heteroatoms. The average molecular weight is 372 g/mol. The summed E-state index contributed by atoms with van der Waals surface area (Å²) < 4.78 is 23.2. The molecule has 1 heterocycles. The Hall–Kier alpha value is -2.34. The van der Waals surface area contributed by atoms with Gasteiger partial charge in [0, 0.05) is 23.7 Å². The van der Waals surface area contributed by atoms with Gasteiger partial charge < -0.3 is 10.2 Å². The van der Waals surface area contributed by atoms with Gasteiger partial charge in [-0.3, -0.25) is 4.79 Å². The molecule has 1 N–H and O–H groups in total. The van der Waals surface area contributed by atoms with Crippen LogP contribution in [0.15, 0.2) is 48.5 Å². The van der Waals surface area contributed by atoms with Gasteiger partial charge in [-0.05, 0) is 43.0 Å². The lowest BCUT2D eigenvalue weighted by Gasteiger charge is -2.35. The second-order valence-corrected chi connectivity index (χ2v) is 9.00. The zero-order valence-corrected chi connectivity index (χ0v) is 15.9. The van der Waals surface area contributed by atoms with Gasteiger partial charge in [0.15, 0.2) is 9.84 Å². The number of para-hydroxylation sites is 2. The lowest BCUT2D eigenvalue weighted by atomic mass is 9.96. The quantitative estimate of drug-likeness (QED) is 0.876. The van der Waals surface area contributed by atoms with E-state index in [4.69, 9.17) is 0 Å². The number of sulfone groups is 1. The first-order valence-corrected chi connectivity index (χ1v) is 10.8. The van der Waals surface area contributed by atoms with Crippen LogP contribution in [-0.4, -0.2) is 33.2 Å². The highest BCUT2D eigenvalue weighted by atomic mass is 32.2. The van der Waals surface area contributed by atoms with Crippen molar-refractivity contribution in [1.82, 2.24) is 0 Å². The highest BCUT2D eigenvalue weighted by Crippen LogP contribution is 2.30. The standard InChI is InChI=1S/C20H24N2O3S/c1-15-11-12-16-7-4-6-10-19(16)22(15)20(23)13-21-18-9-5-3-8-17(18)14-26(2,24)25/h3-10,15,21H,11-14H2,1-2H3. The minimum Gasteiger partial charge on any atom is -0.376 e. The van der Waals surface area contributed by atoms with Crippen LogP contribution in [0.4, 0.5) is 11.4 Å². The SMILES string of the molecule is CC1CCc2ccccc2N1C(=O)CNc1ccccc1CS(C)(=O)=O. The number of amides is 1. The minimum atomic E-state index is -3.14. The second kappa shape index (κ2) is 7.50. The Labute approximate surface area is 154 Å². The monoisotopic (exact) mass is 372 g/mol. The van der Waals surface area contributed by atoms with Crippen molar-refractivity contribution in [3.05, 3.63) is 59.7 Å². The van der Waals surface area contributed by atoms with Crippen LogP contribution in [0.3, 0.4) is 0 Å². The van der Waals surface area contributed by atoms with Crippen LogP contribution in [0.1, 0.15) is 24.5 Å². The molecule has 0 fully saturated rings. The number of hydrogen-bond acceptors (Lipinski definition) is 4. The van der Waals surface area contributed by atoms with Crippen LogP contribution in [0.2, 0.25) is 0 Å². The Bertz CT molecular complexity index is 909. The van der Waals surface area contributed by atoms with Crippen molar-refractivity contribution in [2.75, 3.05) is 23.0 Å². The van der Waals surface area contributed by atoms with Gasteiger partial charge in [-0.25, -0.2) is 8.42 Å². The predicted molar refractivity (Wildman–Crippen MR) is 105 cm³/mol. The molecule has 5 nitrogen and oxygen atoms in total. The molecule has 1 atom stereocenters. The largest absolute Gasteiger partial charge is 0.376 e. The van der Waals surface area contributed by atoms with Crippen molar-refractivity contribution < 1.29 is 13.2 Å². The molecule has 1 aliphatic rings. The summed E-state index contributed by atoms with van der Waals surface area (Å²) in [6, 6.07) is 15.4. The van der Waals surface area contributed by atoms with E-state index in [9.17, 15) is 13.2 Å². The zero-order valence-electron chi connectivity index (χ0n) is 15.1. The van der Waals surface area contributed by atoms with E-state index < -0.39 is 9.84 Å². The molecule has 1 amide bonds. The van der Waals surface area contributed by atoms with Gasteiger partial charge in [0.2, 0.25) is 5.91 Å². The van der Waals surface area contributed by atoms with E-state index in [2.05, 4.69) is 18.3 Å². The van der Waals surface area contributed by atoms with Crippen molar-refractivity contribution >= 4 is 27.1 Å². The molecule has 1 aliphatic heterocycles. The summed E-state index contributed by atoms with van der Waals surface area (Å²) in [7, 11) is -3.14. The Morgan fingerprint density at radius 3 is 2.62 bits per heavy atom. The molecule has 0 spiro atoms. The summed E-state index contributed by atoms with van der Waals surface area (Å²) in [4.78, 5) is 14.7. The Kier molecular flexibility index (Phi) is 5.32. The van der Waals surface area contributed by atoms with Gasteiger partial charge in [-0.15, -0.1) is 0 Å². The molecule has 0 aliphatic carbocycles. The van der Waals surface area contributed by atoms with Crippen molar-refractivity contribution in [2.24, 2.45) is 0 Å². The fraction of sp³-hybridized carbons (Fsp3) is 0.350. The van der Waals surface area contributed by atoms with E-state index >= 15 is 0 Å². The lowest BCUT2D eigenvalue weighted by Crippen LogP contribution is -2.44. The molecule has 26 heavy (non-hydrogen) atoms. The van der Waals surface area contributed by atoms with Crippen LogP contribution >= 0.6 is 0 Å². The van der Waals surface area contributed by atoms with E-state index in [-0.39, 0.29) is 24.2 Å². The second-order valence-electron chi connectivity index (χ2n) is 6.86. The molecule has 2 aromatic carbocycles. The maximum atomic E-state index is 12.9. The zero-order chi connectivity index (χ0) is 18.7. The number of carbonyl (C=O) groups is 1. The van der Waals surface area contributed by atoms with E-state index in [1.165, 1.54) is 11.8 Å². The van der Waals surface area contributed by atoms with Crippen LogP contribution in [0.25, 0.3) is 0 Å². The number of fused-ring (bicyclic) bond motifs is 1. The molecule has 138 valence electrons. The normalized spacial score (nSPS) is 16.8. The van der Waals surface area contributed by atoms with Crippen LogP contribution in [-0.2, 0) is 26.8 Å². The van der Waals surface area contributed by atoms with E-state index in [0.717, 1.165) is 18.5 Å². The first kappa shape index (κ1) is 18.5. The molecule has 0 saturated heterocycles. The number of benzene rings is 2. The molecule has 3 rings (SSSR count). The van der Waals surface area contributed by atoms with Crippen molar-refractivity contribution in [2.45, 2.75) is 31.6 Å². The van der Waals surface area contributed by atoms with E-state index in [1.807, 2.05) is 29.2 Å². The number of carbonyl (C=O) groups excluding carboxylic acids is 1. The summed E-state index contributed by atoms with van der Waals surface area (Å²) >= 11 is 0. The van der Waals surface area contributed by atoms with E-state index in [1.54, 1.807) is 18.2 Å². The topological polar surface area (TPSA) is 66.5 Å². The minimum absolute atomic E-state index is 0.0150. The molecular weight excluding hydrogens is 348 g/mol. The van der Waals surface area contributed by atoms with Crippen LogP contribution < -0.4 is 10.2 Å². The summed E-state index contributed by atoms with van der Waals surface area (Å²) in [5.74, 6) is -0.0633. The predicted octanol–water partition coefficient (Wildman–Crippen LogP) is 3.01. The fourth-order valence-corrected chi connectivity index (χ4v) is 4.24. The molecular formula is C20H24N2O3S. The Morgan fingerprint density at radius 2 is 1.85 bits per heavy atom. The van der Waals surface area contributed by atoms with Gasteiger partial charge in [0.1, 0.15) is 0 Å². The number of nitrogens with zero attached hydrogens (tertiary/aromatic N) is 1. The summed E-state index contributed by atoms with van der Waals surface area (Å²) in [5.41, 5.74) is 3.53. The third-order valence-corrected chi connectivity index (χ3v) is 5.49. The van der Waals surface area contributed by atoms with Gasteiger partial charge >= 0.3 is 0 Å². The van der Waals surface area contributed by atoms with Crippen LogP contribution in [0.5, 0.6) is 0 Å². The summed E-state index contributed by atoms with van der Waals surface area (Å²) in [6.07, 6.45) is 3.13. The van der Waals surface area contributed by atoms with Crippen LogP contribution in [0, 0.1) is 0 Å². The van der Waals surface area contributed by atoms with Crippen molar-refractivity contribution in [3.63, 3.8) is 0 Å². The Balaban J connectivity index is 1.76. The Morgan fingerprint density at radius 1 is 1.15 bits per heavy atom. The van der Waals surface area contributed by atoms with Crippen molar-refractivity contribution in [3.8, 4) is 0 Å². The summed E-state index contributed by atoms with van der Waals surface area (Å²) in [5, 5.41) is 3.13. The maximum absolute atomic E-state index is 12.9. The van der Waals surface area contributed by atoms with Gasteiger partial charge in [0.05, 0.1) is 12.3 Å². The van der Waals surface area contributed by atoms with E-state index in [0.29, 0.717) is 11.3 Å². The summed E-state index contributed by atoms with van der Waals surface area (Å²) in [6.45, 7) is 2.19. The number of nitrogens with one attached hydrogen (secondary N) is 1. The third-order valence-electron chi connectivity index (χ3n) is 4.66. The first-order valence-electron chi connectivity index (χ1n) is 8.74. The number of aryl methyl sites for hydroxylation is 1. The smallest absolute Gasteiger partial charge is 0.246 e. The molecule has 0 bridgehead atoms. The average Bonchev–Trinajstić information content (AvgIpc) is 2.59. The number of hydrogen-bond donors (Lipinski definition) is 1. The van der Waals surface area contributed by atoms with Gasteiger partial charge in [0.25, 0.3) is 0 Å². The first-order chi connectivity index (χ1) is 12.3. The molecule has 1 unspecified atom stereocenters. The number of anilines is 2. The molecule has 0 saturated carbocycles. The fourth-order valence-electron chi connectivity index (χ4n) is 3.43. The third kappa shape index (κ3) is 4.25. The van der Waals surface area contributed by atoms with Gasteiger partial charge in [-0.2, -0.15) is 0 Å².